The molecule has 0 aliphatic carbocycles. The Labute approximate surface area is 110 Å². The predicted molar refractivity (Wildman–Crippen MR) is 73.1 cm³/mol. The monoisotopic (exact) mass is 253 g/mol. The fraction of sp³-hybridized carbons (Fsp3) is 0.600. The van der Waals surface area contributed by atoms with Gasteiger partial charge in [-0.25, -0.2) is 4.39 Å². The van der Waals surface area contributed by atoms with Crippen molar-refractivity contribution in [2.75, 3.05) is 13.7 Å². The van der Waals surface area contributed by atoms with Crippen molar-refractivity contribution >= 4 is 0 Å². The molecule has 1 unspecified atom stereocenters. The molecule has 0 aromatic heterocycles. The molecular weight excluding hydrogens is 229 g/mol. The van der Waals surface area contributed by atoms with E-state index in [9.17, 15) is 4.39 Å². The molecule has 0 aliphatic heterocycles. The van der Waals surface area contributed by atoms with Crippen molar-refractivity contribution in [1.29, 1.82) is 0 Å². The molecule has 18 heavy (non-hydrogen) atoms. The fourth-order valence-electron chi connectivity index (χ4n) is 1.92. The number of hydrogen-bond donors (Lipinski definition) is 1. The summed E-state index contributed by atoms with van der Waals surface area (Å²) in [5.74, 6) is -0.189. The summed E-state index contributed by atoms with van der Waals surface area (Å²) in [5.41, 5.74) is 1.01. The second-order valence-electron chi connectivity index (χ2n) is 5.16. The van der Waals surface area contributed by atoms with E-state index in [1.165, 1.54) is 12.1 Å². The van der Waals surface area contributed by atoms with E-state index < -0.39 is 0 Å². The van der Waals surface area contributed by atoms with Gasteiger partial charge in [-0.1, -0.05) is 19.1 Å². The van der Waals surface area contributed by atoms with Crippen LogP contribution in [0.3, 0.4) is 0 Å². The second kappa shape index (κ2) is 6.86. The largest absolute Gasteiger partial charge is 0.379 e. The number of benzene rings is 1. The molecule has 0 amide bonds. The first kappa shape index (κ1) is 15.1. The smallest absolute Gasteiger partial charge is 0.123 e. The quantitative estimate of drug-likeness (QED) is 0.800. The van der Waals surface area contributed by atoms with Crippen LogP contribution in [0, 0.1) is 5.82 Å². The maximum absolute atomic E-state index is 12.9. The first-order chi connectivity index (χ1) is 8.48. The van der Waals surface area contributed by atoms with Gasteiger partial charge in [0.15, 0.2) is 0 Å². The number of hydrogen-bond acceptors (Lipinski definition) is 2. The fourth-order valence-corrected chi connectivity index (χ4v) is 1.92. The van der Waals surface area contributed by atoms with Crippen LogP contribution >= 0.6 is 0 Å². The molecule has 0 radical (unpaired) electrons. The summed E-state index contributed by atoms with van der Waals surface area (Å²) >= 11 is 0. The molecule has 1 aromatic carbocycles. The maximum atomic E-state index is 12.9. The minimum Gasteiger partial charge on any atom is -0.379 e. The van der Waals surface area contributed by atoms with Crippen LogP contribution in [0.25, 0.3) is 0 Å². The van der Waals surface area contributed by atoms with Gasteiger partial charge < -0.3 is 10.1 Å². The average Bonchev–Trinajstić information content (AvgIpc) is 2.36. The molecular formula is C15H24FNO. The molecule has 1 aromatic rings. The lowest BCUT2D eigenvalue weighted by Crippen LogP contribution is -2.27. The van der Waals surface area contributed by atoms with Crippen LogP contribution in [0.5, 0.6) is 0 Å². The molecule has 1 N–H and O–H groups in total. The van der Waals surface area contributed by atoms with Crippen LogP contribution in [-0.2, 0) is 4.74 Å². The first-order valence-electron chi connectivity index (χ1n) is 6.52. The predicted octanol–water partition coefficient (Wildman–Crippen LogP) is 3.68. The normalized spacial score (nSPS) is 13.6. The zero-order valence-corrected chi connectivity index (χ0v) is 11.8. The summed E-state index contributed by atoms with van der Waals surface area (Å²) in [4.78, 5) is 0. The zero-order valence-electron chi connectivity index (χ0n) is 11.8. The molecule has 0 aliphatic rings. The lowest BCUT2D eigenvalue weighted by atomic mass is 9.95. The number of rotatable bonds is 7. The van der Waals surface area contributed by atoms with Crippen molar-refractivity contribution in [3.8, 4) is 0 Å². The first-order valence-corrected chi connectivity index (χ1v) is 6.52. The molecule has 0 fully saturated rings. The third kappa shape index (κ3) is 4.75. The van der Waals surface area contributed by atoms with E-state index >= 15 is 0 Å². The molecule has 1 rings (SSSR count). The molecule has 1 atom stereocenters. The van der Waals surface area contributed by atoms with Crippen molar-refractivity contribution in [3.63, 3.8) is 0 Å². The number of ether oxygens (including phenoxy) is 1. The Balaban J connectivity index is 2.68. The van der Waals surface area contributed by atoms with E-state index in [0.29, 0.717) is 0 Å². The van der Waals surface area contributed by atoms with Crippen LogP contribution in [0.4, 0.5) is 4.39 Å². The van der Waals surface area contributed by atoms with Gasteiger partial charge >= 0.3 is 0 Å². The van der Waals surface area contributed by atoms with Crippen molar-refractivity contribution in [3.05, 3.63) is 35.6 Å². The van der Waals surface area contributed by atoms with Gasteiger partial charge in [0.2, 0.25) is 0 Å². The highest BCUT2D eigenvalue weighted by Crippen LogP contribution is 2.24. The lowest BCUT2D eigenvalue weighted by molar-refractivity contribution is 0.0117. The van der Waals surface area contributed by atoms with Crippen molar-refractivity contribution < 1.29 is 9.13 Å². The van der Waals surface area contributed by atoms with E-state index in [4.69, 9.17) is 4.74 Å². The third-order valence-electron chi connectivity index (χ3n) is 3.31. The summed E-state index contributed by atoms with van der Waals surface area (Å²) in [6.07, 6.45) is 1.93. The number of methoxy groups -OCH3 is 1. The summed E-state index contributed by atoms with van der Waals surface area (Å²) in [6, 6.07) is 6.98. The van der Waals surface area contributed by atoms with Crippen LogP contribution in [-0.4, -0.2) is 19.3 Å². The van der Waals surface area contributed by atoms with Gasteiger partial charge in [0.25, 0.3) is 0 Å². The molecule has 0 heterocycles. The van der Waals surface area contributed by atoms with E-state index in [2.05, 4.69) is 26.1 Å². The van der Waals surface area contributed by atoms with Gasteiger partial charge in [-0.15, -0.1) is 0 Å². The highest BCUT2D eigenvalue weighted by atomic mass is 19.1. The molecule has 102 valence electrons. The van der Waals surface area contributed by atoms with E-state index in [0.717, 1.165) is 24.9 Å². The van der Waals surface area contributed by atoms with Gasteiger partial charge in [-0.2, -0.15) is 0 Å². The van der Waals surface area contributed by atoms with Gasteiger partial charge in [0.1, 0.15) is 5.82 Å². The third-order valence-corrected chi connectivity index (χ3v) is 3.31. The SMILES string of the molecule is CCNC(CCC(C)(C)OC)c1ccc(F)cc1. The summed E-state index contributed by atoms with van der Waals surface area (Å²) in [5, 5.41) is 3.44. The minimum atomic E-state index is -0.189. The van der Waals surface area contributed by atoms with E-state index in [-0.39, 0.29) is 17.5 Å². The second-order valence-corrected chi connectivity index (χ2v) is 5.16. The standard InChI is InChI=1S/C15H24FNO/c1-5-17-14(10-11-15(2,3)18-4)12-6-8-13(16)9-7-12/h6-9,14,17H,5,10-11H2,1-4H3. The van der Waals surface area contributed by atoms with Crippen molar-refractivity contribution in [1.82, 2.24) is 5.32 Å². The van der Waals surface area contributed by atoms with Crippen molar-refractivity contribution in [2.45, 2.75) is 45.3 Å². The Morgan fingerprint density at radius 1 is 1.28 bits per heavy atom. The Kier molecular flexibility index (Phi) is 5.76. The summed E-state index contributed by atoms with van der Waals surface area (Å²) in [6.45, 7) is 7.15. The van der Waals surface area contributed by atoms with Crippen LogP contribution in [0.1, 0.15) is 45.2 Å². The molecule has 0 bridgehead atoms. The van der Waals surface area contributed by atoms with Crippen LogP contribution < -0.4 is 5.32 Å². The lowest BCUT2D eigenvalue weighted by Gasteiger charge is -2.26. The molecule has 0 saturated heterocycles. The molecule has 3 heteroatoms. The zero-order chi connectivity index (χ0) is 13.6. The molecule has 0 spiro atoms. The maximum Gasteiger partial charge on any atom is 0.123 e. The Morgan fingerprint density at radius 2 is 1.89 bits per heavy atom. The van der Waals surface area contributed by atoms with Gasteiger partial charge in [0.05, 0.1) is 5.60 Å². The Morgan fingerprint density at radius 3 is 2.39 bits per heavy atom. The summed E-state index contributed by atoms with van der Waals surface area (Å²) in [7, 11) is 1.74. The molecule has 0 saturated carbocycles. The average molecular weight is 253 g/mol. The topological polar surface area (TPSA) is 21.3 Å². The summed E-state index contributed by atoms with van der Waals surface area (Å²) < 4.78 is 18.4. The Hall–Kier alpha value is -0.930. The van der Waals surface area contributed by atoms with E-state index in [1.54, 1.807) is 7.11 Å². The van der Waals surface area contributed by atoms with Crippen LogP contribution in [0.2, 0.25) is 0 Å². The number of nitrogens with one attached hydrogen (secondary N) is 1. The highest BCUT2D eigenvalue weighted by Gasteiger charge is 2.19. The van der Waals surface area contributed by atoms with Crippen LogP contribution in [0.15, 0.2) is 24.3 Å². The Bertz CT molecular complexity index is 348. The van der Waals surface area contributed by atoms with Gasteiger partial charge in [-0.3, -0.25) is 0 Å². The molecule has 2 nitrogen and oxygen atoms in total. The highest BCUT2D eigenvalue weighted by molar-refractivity contribution is 5.19. The number of halogens is 1. The van der Waals surface area contributed by atoms with Gasteiger partial charge in [0, 0.05) is 13.2 Å². The minimum absolute atomic E-state index is 0.117. The van der Waals surface area contributed by atoms with Crippen molar-refractivity contribution in [2.24, 2.45) is 0 Å². The van der Waals surface area contributed by atoms with Gasteiger partial charge in [-0.05, 0) is 50.9 Å². The van der Waals surface area contributed by atoms with E-state index in [1.807, 2.05) is 12.1 Å².